The fourth-order valence-electron chi connectivity index (χ4n) is 3.34. The lowest BCUT2D eigenvalue weighted by molar-refractivity contribution is -0.144. The van der Waals surface area contributed by atoms with Crippen LogP contribution in [0.15, 0.2) is 24.3 Å². The third kappa shape index (κ3) is 11.2. The number of nitrogens with one attached hydrogen (secondary N) is 3. The lowest BCUT2D eigenvalue weighted by Crippen LogP contribution is -2.60. The highest BCUT2D eigenvalue weighted by Gasteiger charge is 2.33. The lowest BCUT2D eigenvalue weighted by atomic mass is 10.0. The number of unbranched alkanes of at least 4 members (excludes halogenated alkanes) is 1. The van der Waals surface area contributed by atoms with Crippen LogP contribution in [0.5, 0.6) is 5.75 Å². The second-order valence-corrected chi connectivity index (χ2v) is 8.62. The third-order valence-corrected chi connectivity index (χ3v) is 5.39. The molecule has 5 atom stereocenters. The number of carboxylic acids is 1. The zero-order valence-electron chi connectivity index (χ0n) is 20.6. The van der Waals surface area contributed by atoms with E-state index in [4.69, 9.17) is 17.2 Å². The molecule has 0 aliphatic heterocycles. The van der Waals surface area contributed by atoms with Crippen LogP contribution in [0.1, 0.15) is 38.2 Å². The minimum Gasteiger partial charge on any atom is -0.508 e. The van der Waals surface area contributed by atoms with Gasteiger partial charge in [0.25, 0.3) is 0 Å². The van der Waals surface area contributed by atoms with Gasteiger partial charge in [-0.25, -0.2) is 4.79 Å². The molecule has 0 fully saturated rings. The molecule has 14 heteroatoms. The summed E-state index contributed by atoms with van der Waals surface area (Å²) < 4.78 is 0. The molecular formula is C23H36N6O8. The molecule has 4 amide bonds. The first-order valence-corrected chi connectivity index (χ1v) is 11.7. The van der Waals surface area contributed by atoms with Crippen molar-refractivity contribution in [3.05, 3.63) is 29.8 Å². The van der Waals surface area contributed by atoms with Gasteiger partial charge in [0.15, 0.2) is 0 Å². The summed E-state index contributed by atoms with van der Waals surface area (Å²) in [6.45, 7) is 1.54. The molecule has 206 valence electrons. The predicted molar refractivity (Wildman–Crippen MR) is 132 cm³/mol. The molecular weight excluding hydrogens is 488 g/mol. The van der Waals surface area contributed by atoms with E-state index < -0.39 is 66.3 Å². The molecule has 37 heavy (non-hydrogen) atoms. The van der Waals surface area contributed by atoms with Crippen molar-refractivity contribution in [1.82, 2.24) is 16.0 Å². The smallest absolute Gasteiger partial charge is 0.326 e. The number of aliphatic hydroxyl groups excluding tert-OH is 1. The molecule has 0 saturated heterocycles. The fourth-order valence-corrected chi connectivity index (χ4v) is 3.34. The first-order chi connectivity index (χ1) is 17.3. The topological polar surface area (TPSA) is 260 Å². The Hall–Kier alpha value is -3.75. The van der Waals surface area contributed by atoms with E-state index in [1.807, 2.05) is 0 Å². The Kier molecular flexibility index (Phi) is 13.0. The summed E-state index contributed by atoms with van der Waals surface area (Å²) in [6, 6.07) is 0.661. The molecule has 0 aliphatic carbocycles. The number of aliphatic carboxylic acids is 1. The normalized spacial score (nSPS) is 14.9. The largest absolute Gasteiger partial charge is 0.508 e. The van der Waals surface area contributed by atoms with Crippen LogP contribution in [0.4, 0.5) is 0 Å². The van der Waals surface area contributed by atoms with Crippen LogP contribution >= 0.6 is 0 Å². The van der Waals surface area contributed by atoms with E-state index in [0.29, 0.717) is 24.9 Å². The number of aromatic hydroxyl groups is 1. The number of primary amides is 1. The Morgan fingerprint density at radius 3 is 2.03 bits per heavy atom. The SMILES string of the molecule is CC(O)C(NC(=O)C(CCCCN)NC(=O)C(N)Cc1ccc(O)cc1)C(=O)NC(CC(N)=O)C(=O)O. The van der Waals surface area contributed by atoms with Crippen molar-refractivity contribution >= 4 is 29.6 Å². The molecule has 1 aromatic rings. The number of carboxylic acid groups (broad SMARTS) is 1. The zero-order chi connectivity index (χ0) is 28.1. The number of aliphatic hydroxyl groups is 1. The summed E-state index contributed by atoms with van der Waals surface area (Å²) >= 11 is 0. The third-order valence-electron chi connectivity index (χ3n) is 5.39. The minimum atomic E-state index is -1.67. The van der Waals surface area contributed by atoms with E-state index in [1.54, 1.807) is 12.1 Å². The van der Waals surface area contributed by atoms with Crippen molar-refractivity contribution < 1.29 is 39.3 Å². The Morgan fingerprint density at radius 1 is 0.919 bits per heavy atom. The van der Waals surface area contributed by atoms with E-state index in [1.165, 1.54) is 19.1 Å². The van der Waals surface area contributed by atoms with Crippen molar-refractivity contribution in [3.63, 3.8) is 0 Å². The van der Waals surface area contributed by atoms with Gasteiger partial charge in [-0.05, 0) is 56.8 Å². The monoisotopic (exact) mass is 524 g/mol. The second kappa shape index (κ2) is 15.4. The molecule has 12 N–H and O–H groups in total. The Labute approximate surface area is 213 Å². The number of carbonyl (C=O) groups excluding carboxylic acids is 4. The molecule has 1 rings (SSSR count). The lowest BCUT2D eigenvalue weighted by Gasteiger charge is -2.26. The van der Waals surface area contributed by atoms with Crippen molar-refractivity contribution in [2.24, 2.45) is 17.2 Å². The number of benzene rings is 1. The van der Waals surface area contributed by atoms with Crippen LogP contribution in [0, 0.1) is 0 Å². The van der Waals surface area contributed by atoms with Crippen LogP contribution in [-0.4, -0.2) is 81.7 Å². The molecule has 0 aromatic heterocycles. The number of rotatable bonds is 16. The summed E-state index contributed by atoms with van der Waals surface area (Å²) in [7, 11) is 0. The molecule has 5 unspecified atom stereocenters. The number of nitrogens with two attached hydrogens (primary N) is 3. The van der Waals surface area contributed by atoms with Crippen LogP contribution in [-0.2, 0) is 30.4 Å². The van der Waals surface area contributed by atoms with Gasteiger partial charge in [0, 0.05) is 0 Å². The Balaban J connectivity index is 2.94. The van der Waals surface area contributed by atoms with Crippen LogP contribution in [0.3, 0.4) is 0 Å². The molecule has 14 nitrogen and oxygen atoms in total. The summed E-state index contributed by atoms with van der Waals surface area (Å²) in [5.74, 6) is -4.97. The molecule has 0 spiro atoms. The first-order valence-electron chi connectivity index (χ1n) is 11.7. The van der Waals surface area contributed by atoms with Gasteiger partial charge in [0.2, 0.25) is 23.6 Å². The van der Waals surface area contributed by atoms with Gasteiger partial charge in [-0.2, -0.15) is 0 Å². The second-order valence-electron chi connectivity index (χ2n) is 8.62. The molecule has 0 aliphatic rings. The predicted octanol–water partition coefficient (Wildman–Crippen LogP) is -2.81. The molecule has 0 radical (unpaired) electrons. The fraction of sp³-hybridized carbons (Fsp3) is 0.522. The van der Waals surface area contributed by atoms with E-state index >= 15 is 0 Å². The molecule has 0 saturated carbocycles. The number of hydrogen-bond donors (Lipinski definition) is 9. The van der Waals surface area contributed by atoms with Gasteiger partial charge in [-0.1, -0.05) is 12.1 Å². The number of phenols is 1. The van der Waals surface area contributed by atoms with Gasteiger partial charge in [-0.15, -0.1) is 0 Å². The van der Waals surface area contributed by atoms with Gasteiger partial charge in [0.1, 0.15) is 23.9 Å². The quantitative estimate of drug-likeness (QED) is 0.100. The Morgan fingerprint density at radius 2 is 1.51 bits per heavy atom. The molecule has 1 aromatic carbocycles. The van der Waals surface area contributed by atoms with E-state index in [9.17, 15) is 39.3 Å². The van der Waals surface area contributed by atoms with Gasteiger partial charge in [0.05, 0.1) is 18.6 Å². The maximum Gasteiger partial charge on any atom is 0.326 e. The average molecular weight is 525 g/mol. The van der Waals surface area contributed by atoms with Crippen molar-refractivity contribution in [1.29, 1.82) is 0 Å². The first kappa shape index (κ1) is 31.3. The standard InChI is InChI=1S/C23H36N6O8/c1-12(30)19(22(35)28-17(23(36)37)11-18(26)32)29-21(34)16(4-2-3-9-24)27-20(33)15(25)10-13-5-7-14(31)8-6-13/h5-8,12,15-17,19,30-31H,2-4,9-11,24-25H2,1H3,(H2,26,32)(H,27,33)(H,28,35)(H,29,34)(H,36,37). The number of phenolic OH excluding ortho intramolecular Hbond substituents is 1. The average Bonchev–Trinajstić information content (AvgIpc) is 2.82. The maximum absolute atomic E-state index is 13.0. The van der Waals surface area contributed by atoms with E-state index in [0.717, 1.165) is 0 Å². The van der Waals surface area contributed by atoms with Crippen LogP contribution in [0.2, 0.25) is 0 Å². The van der Waals surface area contributed by atoms with Gasteiger partial charge in [-0.3, -0.25) is 19.2 Å². The highest BCUT2D eigenvalue weighted by atomic mass is 16.4. The minimum absolute atomic E-state index is 0.0550. The number of hydrogen-bond acceptors (Lipinski definition) is 9. The Bertz CT molecular complexity index is 940. The number of amides is 4. The summed E-state index contributed by atoms with van der Waals surface area (Å²) in [5, 5.41) is 35.6. The maximum atomic E-state index is 13.0. The zero-order valence-corrected chi connectivity index (χ0v) is 20.6. The van der Waals surface area contributed by atoms with Crippen molar-refractivity contribution in [2.75, 3.05) is 6.54 Å². The summed E-state index contributed by atoms with van der Waals surface area (Å²) in [5.41, 5.74) is 17.2. The van der Waals surface area contributed by atoms with Crippen molar-refractivity contribution in [3.8, 4) is 5.75 Å². The van der Waals surface area contributed by atoms with Crippen molar-refractivity contribution in [2.45, 2.75) is 69.3 Å². The molecule has 0 heterocycles. The van der Waals surface area contributed by atoms with E-state index in [2.05, 4.69) is 16.0 Å². The molecule has 0 bridgehead atoms. The number of carbonyl (C=O) groups is 5. The van der Waals surface area contributed by atoms with Gasteiger partial charge < -0.3 is 48.5 Å². The van der Waals surface area contributed by atoms with E-state index in [-0.39, 0.29) is 18.6 Å². The highest BCUT2D eigenvalue weighted by molar-refractivity contribution is 5.95. The summed E-state index contributed by atoms with van der Waals surface area (Å²) in [6.07, 6.45) is -0.880. The highest BCUT2D eigenvalue weighted by Crippen LogP contribution is 2.11. The van der Waals surface area contributed by atoms with Crippen LogP contribution in [0.25, 0.3) is 0 Å². The van der Waals surface area contributed by atoms with Gasteiger partial charge >= 0.3 is 5.97 Å². The summed E-state index contributed by atoms with van der Waals surface area (Å²) in [4.78, 5) is 60.7. The van der Waals surface area contributed by atoms with Crippen LogP contribution < -0.4 is 33.2 Å².